The number of rotatable bonds is 5. The Morgan fingerprint density at radius 1 is 1.06 bits per heavy atom. The molecule has 4 rings (SSSR count). The van der Waals surface area contributed by atoms with Gasteiger partial charge >= 0.3 is 0 Å². The molecule has 1 saturated heterocycles. The Labute approximate surface area is 191 Å². The molecule has 1 fully saturated rings. The van der Waals surface area contributed by atoms with Gasteiger partial charge in [0.25, 0.3) is 5.56 Å². The molecule has 0 atom stereocenters. The van der Waals surface area contributed by atoms with Crippen LogP contribution in [0.4, 0.5) is 0 Å². The van der Waals surface area contributed by atoms with E-state index >= 15 is 0 Å². The topological polar surface area (TPSA) is 61.5 Å². The third-order valence-corrected chi connectivity index (χ3v) is 6.42. The van der Waals surface area contributed by atoms with E-state index in [1.54, 1.807) is 10.5 Å². The first-order valence-electron chi connectivity index (χ1n) is 11.9. The van der Waals surface area contributed by atoms with Gasteiger partial charge in [-0.05, 0) is 74.1 Å². The first kappa shape index (κ1) is 23.9. The first-order chi connectivity index (χ1) is 15.5. The van der Waals surface area contributed by atoms with Crippen molar-refractivity contribution in [1.29, 1.82) is 5.41 Å². The maximum atomic E-state index is 12.8. The fourth-order valence-electron chi connectivity index (χ4n) is 4.05. The molecule has 0 amide bonds. The molecule has 1 N–H and O–H groups in total. The molecule has 3 heterocycles. The number of benzene rings is 1. The minimum Gasteiger partial charge on any atom is -0.308 e. The van der Waals surface area contributed by atoms with Gasteiger partial charge in [0.05, 0.1) is 5.69 Å². The predicted octanol–water partition coefficient (Wildman–Crippen LogP) is 5.67. The van der Waals surface area contributed by atoms with Crippen molar-refractivity contribution in [3.63, 3.8) is 0 Å². The van der Waals surface area contributed by atoms with Crippen LogP contribution in [-0.4, -0.2) is 40.1 Å². The highest BCUT2D eigenvalue weighted by atomic mass is 16.1. The Bertz CT molecular complexity index is 1110. The third kappa shape index (κ3) is 5.52. The van der Waals surface area contributed by atoms with Crippen molar-refractivity contribution >= 4 is 11.9 Å². The zero-order valence-corrected chi connectivity index (χ0v) is 19.9. The Kier molecular flexibility index (Phi) is 8.34. The van der Waals surface area contributed by atoms with E-state index in [-0.39, 0.29) is 5.56 Å². The Hall–Kier alpha value is -2.79. The molecule has 1 aromatic carbocycles. The Morgan fingerprint density at radius 3 is 2.41 bits per heavy atom. The summed E-state index contributed by atoms with van der Waals surface area (Å²) in [6.45, 7) is 11.9. The van der Waals surface area contributed by atoms with Gasteiger partial charge in [0.15, 0.2) is 0 Å². The smallest absolute Gasteiger partial charge is 0.258 e. The van der Waals surface area contributed by atoms with Gasteiger partial charge in [0.1, 0.15) is 5.65 Å². The molecule has 0 spiro atoms. The summed E-state index contributed by atoms with van der Waals surface area (Å²) < 4.78 is 1.66. The van der Waals surface area contributed by atoms with Crippen LogP contribution in [0.1, 0.15) is 69.1 Å². The van der Waals surface area contributed by atoms with Crippen molar-refractivity contribution in [2.45, 2.75) is 59.3 Å². The van der Waals surface area contributed by atoms with Crippen LogP contribution in [0.5, 0.6) is 0 Å². The molecule has 5 heteroatoms. The second-order valence-electron chi connectivity index (χ2n) is 8.59. The quantitative estimate of drug-likeness (QED) is 0.528. The number of aromatic nitrogens is 2. The summed E-state index contributed by atoms with van der Waals surface area (Å²) in [7, 11) is 0. The summed E-state index contributed by atoms with van der Waals surface area (Å²) in [5.74, 6) is 0.506. The van der Waals surface area contributed by atoms with E-state index in [1.165, 1.54) is 24.6 Å². The SMILES string of the molecule is CCCC.CCN1CCC(c2ccc3nc(-c4ccc(C)c(C=N)c4)cc(=O)n3c2)CC1. The summed E-state index contributed by atoms with van der Waals surface area (Å²) in [6, 6.07) is 11.5. The second kappa shape index (κ2) is 11.2. The molecule has 1 aliphatic heterocycles. The number of aryl methyl sites for hydroxylation is 1. The van der Waals surface area contributed by atoms with Gasteiger partial charge in [0, 0.05) is 24.0 Å². The summed E-state index contributed by atoms with van der Waals surface area (Å²) in [5.41, 5.74) is 5.21. The fraction of sp³-hybridized carbons (Fsp3) is 0.444. The number of nitrogens with zero attached hydrogens (tertiary/aromatic N) is 3. The molecule has 1 aliphatic rings. The van der Waals surface area contributed by atoms with Crippen LogP contribution in [0.3, 0.4) is 0 Å². The van der Waals surface area contributed by atoms with Gasteiger partial charge in [-0.15, -0.1) is 0 Å². The standard InChI is InChI=1S/C23H26N4O.C4H10/c1-3-26-10-8-17(9-11-26)19-6-7-22-25-21(13-23(28)27(22)15-19)18-5-4-16(2)20(12-18)14-24;1-3-4-2/h4-7,12-15,17,24H,3,8-11H2,1-2H3;3-4H2,1-2H3. The minimum absolute atomic E-state index is 0.0650. The zero-order valence-electron chi connectivity index (χ0n) is 19.9. The fourth-order valence-corrected chi connectivity index (χ4v) is 4.05. The van der Waals surface area contributed by atoms with E-state index in [1.807, 2.05) is 37.4 Å². The lowest BCUT2D eigenvalue weighted by Gasteiger charge is -2.31. The normalized spacial score (nSPS) is 14.8. The number of piperidine rings is 1. The van der Waals surface area contributed by atoms with Gasteiger partial charge in [-0.2, -0.15) is 0 Å². The molecule has 0 bridgehead atoms. The number of fused-ring (bicyclic) bond motifs is 1. The first-order valence-corrected chi connectivity index (χ1v) is 11.9. The van der Waals surface area contributed by atoms with Crippen LogP contribution < -0.4 is 5.56 Å². The molecular formula is C27H36N4O. The molecule has 2 aromatic heterocycles. The number of hydrogen-bond donors (Lipinski definition) is 1. The van der Waals surface area contributed by atoms with Gasteiger partial charge in [0.2, 0.25) is 0 Å². The van der Waals surface area contributed by atoms with E-state index in [2.05, 4.69) is 31.7 Å². The summed E-state index contributed by atoms with van der Waals surface area (Å²) in [5, 5.41) is 7.55. The average molecular weight is 433 g/mol. The minimum atomic E-state index is -0.0650. The van der Waals surface area contributed by atoms with Crippen LogP contribution in [0.25, 0.3) is 16.9 Å². The predicted molar refractivity (Wildman–Crippen MR) is 134 cm³/mol. The van der Waals surface area contributed by atoms with Gasteiger partial charge in [-0.25, -0.2) is 4.98 Å². The lowest BCUT2D eigenvalue weighted by atomic mass is 9.90. The summed E-state index contributed by atoms with van der Waals surface area (Å²) in [4.78, 5) is 20.0. The number of pyridine rings is 1. The lowest BCUT2D eigenvalue weighted by Crippen LogP contribution is -2.32. The number of hydrogen-bond acceptors (Lipinski definition) is 4. The van der Waals surface area contributed by atoms with E-state index in [4.69, 9.17) is 10.4 Å². The van der Waals surface area contributed by atoms with Crippen LogP contribution in [0, 0.1) is 12.3 Å². The lowest BCUT2D eigenvalue weighted by molar-refractivity contribution is 0.222. The molecule has 5 nitrogen and oxygen atoms in total. The van der Waals surface area contributed by atoms with Crippen molar-refractivity contribution in [3.8, 4) is 11.3 Å². The number of likely N-dealkylation sites (tertiary alicyclic amines) is 1. The van der Waals surface area contributed by atoms with Crippen molar-refractivity contribution in [2.75, 3.05) is 19.6 Å². The van der Waals surface area contributed by atoms with E-state index < -0.39 is 0 Å². The van der Waals surface area contributed by atoms with Crippen molar-refractivity contribution in [3.05, 3.63) is 69.6 Å². The summed E-state index contributed by atoms with van der Waals surface area (Å²) >= 11 is 0. The molecule has 170 valence electrons. The van der Waals surface area contributed by atoms with Gasteiger partial charge in [-0.1, -0.05) is 51.8 Å². The summed E-state index contributed by atoms with van der Waals surface area (Å²) in [6.07, 6.45) is 8.21. The third-order valence-electron chi connectivity index (χ3n) is 6.42. The molecule has 32 heavy (non-hydrogen) atoms. The van der Waals surface area contributed by atoms with Crippen molar-refractivity contribution in [2.24, 2.45) is 0 Å². The van der Waals surface area contributed by atoms with Crippen LogP contribution in [-0.2, 0) is 0 Å². The maximum Gasteiger partial charge on any atom is 0.258 e. The number of unbranched alkanes of at least 4 members (excludes halogenated alkanes) is 1. The van der Waals surface area contributed by atoms with E-state index in [0.717, 1.165) is 49.2 Å². The van der Waals surface area contributed by atoms with Crippen LogP contribution in [0.2, 0.25) is 0 Å². The highest BCUT2D eigenvalue weighted by Gasteiger charge is 2.20. The van der Waals surface area contributed by atoms with E-state index in [9.17, 15) is 4.79 Å². The monoisotopic (exact) mass is 432 g/mol. The van der Waals surface area contributed by atoms with Crippen molar-refractivity contribution < 1.29 is 0 Å². The molecule has 0 unspecified atom stereocenters. The maximum absolute atomic E-state index is 12.8. The molecule has 0 aliphatic carbocycles. The van der Waals surface area contributed by atoms with E-state index in [0.29, 0.717) is 17.3 Å². The average Bonchev–Trinajstić information content (AvgIpc) is 2.84. The highest BCUT2D eigenvalue weighted by Crippen LogP contribution is 2.28. The van der Waals surface area contributed by atoms with Gasteiger partial charge in [-0.3, -0.25) is 9.20 Å². The Balaban J connectivity index is 0.000000668. The van der Waals surface area contributed by atoms with Crippen molar-refractivity contribution in [1.82, 2.24) is 14.3 Å². The van der Waals surface area contributed by atoms with Crippen LogP contribution in [0.15, 0.2) is 47.4 Å². The molecule has 0 radical (unpaired) electrons. The molecular weight excluding hydrogens is 396 g/mol. The zero-order chi connectivity index (χ0) is 23.1. The highest BCUT2D eigenvalue weighted by molar-refractivity contribution is 5.82. The van der Waals surface area contributed by atoms with Crippen LogP contribution >= 0.6 is 0 Å². The number of nitrogens with one attached hydrogen (secondary N) is 1. The van der Waals surface area contributed by atoms with Gasteiger partial charge < -0.3 is 10.3 Å². The Morgan fingerprint density at radius 2 is 1.78 bits per heavy atom. The molecule has 0 saturated carbocycles. The second-order valence-corrected chi connectivity index (χ2v) is 8.59. The largest absolute Gasteiger partial charge is 0.308 e. The molecule has 3 aromatic rings.